The molecule has 190 valence electrons. The maximum absolute atomic E-state index is 5.23. The average molecular weight is 482 g/mol. The van der Waals surface area contributed by atoms with E-state index in [9.17, 15) is 0 Å². The Morgan fingerprint density at radius 3 is 1.94 bits per heavy atom. The summed E-state index contributed by atoms with van der Waals surface area (Å²) in [6.07, 6.45) is 11.4. The molecule has 0 bridgehead atoms. The van der Waals surface area contributed by atoms with Crippen molar-refractivity contribution < 1.29 is 4.74 Å². The Balaban J connectivity index is 0.000000830. The highest BCUT2D eigenvalue weighted by molar-refractivity contribution is 5.99. The second kappa shape index (κ2) is 15.6. The minimum Gasteiger partial charge on any atom is -0.497 e. The van der Waals surface area contributed by atoms with Gasteiger partial charge in [0.05, 0.1) is 12.8 Å². The van der Waals surface area contributed by atoms with E-state index in [1.54, 1.807) is 7.11 Å². The Morgan fingerprint density at radius 2 is 1.47 bits per heavy atom. The highest BCUT2D eigenvalue weighted by Crippen LogP contribution is 2.24. The summed E-state index contributed by atoms with van der Waals surface area (Å²) in [6, 6.07) is 23.3. The predicted molar refractivity (Wildman–Crippen MR) is 160 cm³/mol. The fraction of sp³-hybridized carbons (Fsp3) is 0.324. The first-order valence-electron chi connectivity index (χ1n) is 13.2. The summed E-state index contributed by atoms with van der Waals surface area (Å²) in [5.41, 5.74) is 9.32. The second-order valence-corrected chi connectivity index (χ2v) is 8.97. The van der Waals surface area contributed by atoms with Crippen LogP contribution in [0.25, 0.3) is 22.9 Å². The number of methoxy groups -OCH3 is 1. The molecule has 3 aromatic rings. The molecule has 2 heteroatoms. The van der Waals surface area contributed by atoms with Gasteiger partial charge in [-0.3, -0.25) is 4.99 Å². The molecule has 36 heavy (non-hydrogen) atoms. The molecule has 0 unspecified atom stereocenters. The van der Waals surface area contributed by atoms with Gasteiger partial charge in [0.15, 0.2) is 0 Å². The Kier molecular flexibility index (Phi) is 12.5. The molecule has 0 amide bonds. The monoisotopic (exact) mass is 481 g/mol. The van der Waals surface area contributed by atoms with Crippen LogP contribution < -0.4 is 4.74 Å². The van der Waals surface area contributed by atoms with Crippen LogP contribution in [0.2, 0.25) is 0 Å². The molecule has 0 aliphatic carbocycles. The van der Waals surface area contributed by atoms with Crippen LogP contribution in [-0.2, 0) is 6.42 Å². The van der Waals surface area contributed by atoms with Crippen molar-refractivity contribution in [3.05, 3.63) is 101 Å². The molecule has 0 fully saturated rings. The molecule has 0 saturated heterocycles. The van der Waals surface area contributed by atoms with Crippen molar-refractivity contribution in [3.63, 3.8) is 0 Å². The lowest BCUT2D eigenvalue weighted by molar-refractivity contribution is 0.415. The second-order valence-electron chi connectivity index (χ2n) is 8.97. The highest BCUT2D eigenvalue weighted by atomic mass is 16.5. The van der Waals surface area contributed by atoms with Crippen LogP contribution >= 0.6 is 0 Å². The Bertz CT molecular complexity index is 1150. The van der Waals surface area contributed by atoms with Gasteiger partial charge in [-0.25, -0.2) is 0 Å². The van der Waals surface area contributed by atoms with Crippen molar-refractivity contribution in [2.45, 2.75) is 67.2 Å². The summed E-state index contributed by atoms with van der Waals surface area (Å²) in [5.74, 6) is 0.870. The molecule has 0 N–H and O–H groups in total. The first-order chi connectivity index (χ1) is 17.4. The number of aryl methyl sites for hydroxylation is 2. The first-order valence-corrected chi connectivity index (χ1v) is 13.2. The summed E-state index contributed by atoms with van der Waals surface area (Å²) < 4.78 is 5.23. The molecule has 0 aromatic heterocycles. The van der Waals surface area contributed by atoms with Gasteiger partial charge < -0.3 is 4.74 Å². The zero-order chi connectivity index (χ0) is 26.3. The maximum Gasteiger partial charge on any atom is 0.118 e. The summed E-state index contributed by atoms with van der Waals surface area (Å²) in [7, 11) is 1.68. The van der Waals surface area contributed by atoms with Gasteiger partial charge >= 0.3 is 0 Å². The zero-order valence-electron chi connectivity index (χ0n) is 23.3. The lowest BCUT2D eigenvalue weighted by Gasteiger charge is -2.09. The Labute approximate surface area is 219 Å². The van der Waals surface area contributed by atoms with Crippen LogP contribution in [0.5, 0.6) is 5.75 Å². The van der Waals surface area contributed by atoms with Crippen molar-refractivity contribution in [2.75, 3.05) is 7.11 Å². The summed E-state index contributed by atoms with van der Waals surface area (Å²) in [5, 5.41) is 0. The molecule has 2 nitrogen and oxygen atoms in total. The topological polar surface area (TPSA) is 21.6 Å². The van der Waals surface area contributed by atoms with Gasteiger partial charge in [0.1, 0.15) is 5.75 Å². The van der Waals surface area contributed by atoms with Gasteiger partial charge in [-0.1, -0.05) is 107 Å². The van der Waals surface area contributed by atoms with E-state index >= 15 is 0 Å². The molecule has 0 atom stereocenters. The Hall–Kier alpha value is -3.39. The van der Waals surface area contributed by atoms with Crippen LogP contribution in [0.1, 0.15) is 76.1 Å². The molecule has 0 saturated carbocycles. The van der Waals surface area contributed by atoms with Crippen LogP contribution in [0.15, 0.2) is 83.9 Å². The molecule has 3 rings (SSSR count). The molecule has 0 heterocycles. The summed E-state index contributed by atoms with van der Waals surface area (Å²) in [4.78, 5) is 4.86. The van der Waals surface area contributed by atoms with E-state index in [4.69, 9.17) is 9.73 Å². The number of rotatable bonds is 9. The minimum atomic E-state index is 0.870. The molecular weight excluding hydrogens is 438 g/mol. The standard InChI is InChI=1S/C29H31NO.C5H12/c1-6-23-12-19-28(21(3)20-23)29(7-2)30-22(4)8-9-24-10-13-25(14-11-24)26-15-17-27(31-5)18-16-26;1-3-5-4-2/h7-20H,6H2,1-5H3;3-5H2,1-2H3/b9-8+,29-7-,30-22+;. The molecule has 0 aliphatic heterocycles. The number of hydrogen-bond donors (Lipinski definition) is 0. The van der Waals surface area contributed by atoms with Gasteiger partial charge in [-0.05, 0) is 73.2 Å². The SMILES string of the molecule is CCCCC.C\C=C(/N=C(C)/C=C/c1ccc(-c2ccc(OC)cc2)cc1)c1ccc(CC)cc1C. The molecule has 0 aliphatic rings. The number of hydrogen-bond acceptors (Lipinski definition) is 2. The van der Waals surface area contributed by atoms with E-state index in [1.165, 1.54) is 47.1 Å². The van der Waals surface area contributed by atoms with Gasteiger partial charge in [0.25, 0.3) is 0 Å². The quantitative estimate of drug-likeness (QED) is 0.279. The van der Waals surface area contributed by atoms with Gasteiger partial charge in [0.2, 0.25) is 0 Å². The lowest BCUT2D eigenvalue weighted by Crippen LogP contribution is -1.93. The maximum atomic E-state index is 5.23. The van der Waals surface area contributed by atoms with Crippen molar-refractivity contribution >= 4 is 17.5 Å². The van der Waals surface area contributed by atoms with Crippen molar-refractivity contribution in [2.24, 2.45) is 4.99 Å². The minimum absolute atomic E-state index is 0.870. The highest BCUT2D eigenvalue weighted by Gasteiger charge is 2.04. The largest absolute Gasteiger partial charge is 0.497 e. The van der Waals surface area contributed by atoms with Gasteiger partial charge in [-0.15, -0.1) is 0 Å². The van der Waals surface area contributed by atoms with E-state index in [0.29, 0.717) is 0 Å². The third-order valence-electron chi connectivity index (χ3n) is 6.10. The van der Waals surface area contributed by atoms with Crippen molar-refractivity contribution in [1.82, 2.24) is 0 Å². The van der Waals surface area contributed by atoms with E-state index in [-0.39, 0.29) is 0 Å². The smallest absolute Gasteiger partial charge is 0.118 e. The average Bonchev–Trinajstić information content (AvgIpc) is 2.92. The summed E-state index contributed by atoms with van der Waals surface area (Å²) in [6.45, 7) is 12.8. The lowest BCUT2D eigenvalue weighted by atomic mass is 10.0. The summed E-state index contributed by atoms with van der Waals surface area (Å²) >= 11 is 0. The van der Waals surface area contributed by atoms with Crippen molar-refractivity contribution in [1.29, 1.82) is 0 Å². The molecule has 0 spiro atoms. The number of ether oxygens (including phenoxy) is 1. The molecule has 0 radical (unpaired) electrons. The van der Waals surface area contributed by atoms with E-state index in [2.05, 4.69) is 101 Å². The van der Waals surface area contributed by atoms with Crippen LogP contribution in [0.3, 0.4) is 0 Å². The van der Waals surface area contributed by atoms with E-state index in [1.807, 2.05) is 26.0 Å². The molecule has 3 aromatic carbocycles. The third kappa shape index (κ3) is 9.00. The number of allylic oxidation sites excluding steroid dienone is 2. The van der Waals surface area contributed by atoms with E-state index < -0.39 is 0 Å². The Morgan fingerprint density at radius 1 is 0.861 bits per heavy atom. The normalized spacial score (nSPS) is 11.9. The van der Waals surface area contributed by atoms with Crippen LogP contribution in [0, 0.1) is 6.92 Å². The number of aliphatic imine (C=N–C) groups is 1. The first kappa shape index (κ1) is 28.8. The van der Waals surface area contributed by atoms with E-state index in [0.717, 1.165) is 29.1 Å². The molecular formula is C34H43NO. The number of benzene rings is 3. The van der Waals surface area contributed by atoms with Crippen LogP contribution in [-0.4, -0.2) is 12.8 Å². The van der Waals surface area contributed by atoms with Crippen LogP contribution in [0.4, 0.5) is 0 Å². The van der Waals surface area contributed by atoms with Crippen molar-refractivity contribution in [3.8, 4) is 16.9 Å². The van der Waals surface area contributed by atoms with Gasteiger partial charge in [-0.2, -0.15) is 0 Å². The fourth-order valence-electron chi connectivity index (χ4n) is 3.88. The zero-order valence-corrected chi connectivity index (χ0v) is 23.3. The number of nitrogens with zero attached hydrogens (tertiary/aromatic N) is 1. The predicted octanol–water partition coefficient (Wildman–Crippen LogP) is 9.96. The van der Waals surface area contributed by atoms with Gasteiger partial charge in [0, 0.05) is 11.3 Å². The number of unbranched alkanes of at least 4 members (excludes halogenated alkanes) is 2. The fourth-order valence-corrected chi connectivity index (χ4v) is 3.88. The third-order valence-corrected chi connectivity index (χ3v) is 6.10.